The van der Waals surface area contributed by atoms with Crippen LogP contribution in [0.2, 0.25) is 0 Å². The maximum absolute atomic E-state index is 4.26. The molecule has 0 bridgehead atoms. The summed E-state index contributed by atoms with van der Waals surface area (Å²) in [6.45, 7) is 4.88. The molecule has 2 heterocycles. The molecule has 0 amide bonds. The Bertz CT molecular complexity index is 430. The van der Waals surface area contributed by atoms with Crippen LogP contribution in [0.25, 0.3) is 5.69 Å². The van der Waals surface area contributed by atoms with E-state index in [2.05, 4.69) is 15.3 Å². The van der Waals surface area contributed by atoms with Gasteiger partial charge in [0.1, 0.15) is 0 Å². The number of imidazole rings is 1. The van der Waals surface area contributed by atoms with Crippen LogP contribution in [-0.4, -0.2) is 21.1 Å². The van der Waals surface area contributed by atoms with Crippen LogP contribution in [0.15, 0.2) is 30.7 Å². The first kappa shape index (κ1) is 9.71. The van der Waals surface area contributed by atoms with Crippen LogP contribution >= 0.6 is 0 Å². The molecular formula is C11H14N4. The lowest BCUT2D eigenvalue weighted by atomic mass is 10.3. The number of pyridine rings is 1. The Kier molecular flexibility index (Phi) is 2.67. The molecule has 15 heavy (non-hydrogen) atoms. The van der Waals surface area contributed by atoms with E-state index in [1.807, 2.05) is 42.9 Å². The van der Waals surface area contributed by atoms with Crippen LogP contribution in [0.3, 0.4) is 0 Å². The number of hydrogen-bond acceptors (Lipinski definition) is 3. The molecule has 0 aromatic carbocycles. The van der Waals surface area contributed by atoms with E-state index >= 15 is 0 Å². The summed E-state index contributed by atoms with van der Waals surface area (Å²) >= 11 is 0. The van der Waals surface area contributed by atoms with Gasteiger partial charge in [0.15, 0.2) is 0 Å². The van der Waals surface area contributed by atoms with Gasteiger partial charge < -0.3 is 5.32 Å². The summed E-state index contributed by atoms with van der Waals surface area (Å²) in [6.07, 6.45) is 5.54. The van der Waals surface area contributed by atoms with Crippen molar-refractivity contribution in [1.82, 2.24) is 14.5 Å². The van der Waals surface area contributed by atoms with Crippen molar-refractivity contribution >= 4 is 5.95 Å². The number of aryl methyl sites for hydroxylation is 1. The molecule has 0 atom stereocenters. The van der Waals surface area contributed by atoms with Gasteiger partial charge in [-0.2, -0.15) is 0 Å². The quantitative estimate of drug-likeness (QED) is 0.827. The third kappa shape index (κ3) is 1.98. The van der Waals surface area contributed by atoms with E-state index in [-0.39, 0.29) is 0 Å². The average Bonchev–Trinajstić information content (AvgIpc) is 2.68. The first-order valence-corrected chi connectivity index (χ1v) is 5.01. The van der Waals surface area contributed by atoms with Crippen molar-refractivity contribution in [3.8, 4) is 5.69 Å². The molecule has 0 aliphatic heterocycles. The van der Waals surface area contributed by atoms with E-state index in [4.69, 9.17) is 0 Å². The van der Waals surface area contributed by atoms with Crippen molar-refractivity contribution in [3.63, 3.8) is 0 Å². The summed E-state index contributed by atoms with van der Waals surface area (Å²) < 4.78 is 1.98. The number of nitrogens with one attached hydrogen (secondary N) is 1. The fraction of sp³-hybridized carbons (Fsp3) is 0.273. The topological polar surface area (TPSA) is 42.7 Å². The van der Waals surface area contributed by atoms with Crippen LogP contribution in [0.5, 0.6) is 0 Å². The van der Waals surface area contributed by atoms with Gasteiger partial charge in [-0.15, -0.1) is 0 Å². The first-order valence-electron chi connectivity index (χ1n) is 5.01. The number of hydrogen-bond donors (Lipinski definition) is 1. The van der Waals surface area contributed by atoms with E-state index in [9.17, 15) is 0 Å². The predicted molar refractivity (Wildman–Crippen MR) is 60.3 cm³/mol. The second kappa shape index (κ2) is 4.13. The minimum absolute atomic E-state index is 0.850. The van der Waals surface area contributed by atoms with Gasteiger partial charge in [-0.3, -0.25) is 9.55 Å². The number of anilines is 1. The molecule has 1 N–H and O–H groups in total. The number of aromatic nitrogens is 3. The zero-order chi connectivity index (χ0) is 10.7. The summed E-state index contributed by atoms with van der Waals surface area (Å²) in [4.78, 5) is 8.49. The van der Waals surface area contributed by atoms with Gasteiger partial charge in [-0.25, -0.2) is 4.98 Å². The Balaban J connectivity index is 2.36. The van der Waals surface area contributed by atoms with Crippen molar-refractivity contribution in [1.29, 1.82) is 0 Å². The highest BCUT2D eigenvalue weighted by Crippen LogP contribution is 2.13. The van der Waals surface area contributed by atoms with E-state index in [1.165, 1.54) is 0 Å². The molecule has 0 saturated carbocycles. The van der Waals surface area contributed by atoms with Crippen LogP contribution in [-0.2, 0) is 0 Å². The monoisotopic (exact) mass is 202 g/mol. The maximum Gasteiger partial charge on any atom is 0.207 e. The molecule has 0 saturated heterocycles. The maximum atomic E-state index is 4.26. The van der Waals surface area contributed by atoms with Crippen molar-refractivity contribution in [3.05, 3.63) is 36.4 Å². The summed E-state index contributed by atoms with van der Waals surface area (Å²) in [5, 5.41) is 3.19. The zero-order valence-electron chi connectivity index (χ0n) is 8.94. The molecule has 4 heteroatoms. The van der Waals surface area contributed by atoms with Crippen LogP contribution in [0.4, 0.5) is 5.95 Å². The fourth-order valence-electron chi connectivity index (χ4n) is 1.40. The standard InChI is InChI=1S/C11H14N4/c1-3-12-11-13-6-7-15(11)10-5-4-9(2)14-8-10/h4-8H,3H2,1-2H3,(H,12,13). The Hall–Kier alpha value is -1.84. The van der Waals surface area contributed by atoms with Gasteiger partial charge in [0.2, 0.25) is 5.95 Å². The van der Waals surface area contributed by atoms with E-state index < -0.39 is 0 Å². The SMILES string of the molecule is CCNc1nccn1-c1ccc(C)nc1. The molecule has 78 valence electrons. The van der Waals surface area contributed by atoms with Crippen molar-refractivity contribution in [2.24, 2.45) is 0 Å². The number of rotatable bonds is 3. The normalized spacial score (nSPS) is 10.3. The van der Waals surface area contributed by atoms with Crippen molar-refractivity contribution in [2.45, 2.75) is 13.8 Å². The molecule has 0 spiro atoms. The van der Waals surface area contributed by atoms with Crippen molar-refractivity contribution in [2.75, 3.05) is 11.9 Å². The molecule has 4 nitrogen and oxygen atoms in total. The lowest BCUT2D eigenvalue weighted by Crippen LogP contribution is -2.05. The Morgan fingerprint density at radius 1 is 1.33 bits per heavy atom. The highest BCUT2D eigenvalue weighted by Gasteiger charge is 2.02. The lowest BCUT2D eigenvalue weighted by molar-refractivity contribution is 1.00. The summed E-state index contributed by atoms with van der Waals surface area (Å²) in [5.74, 6) is 0.850. The van der Waals surface area contributed by atoms with Crippen LogP contribution in [0.1, 0.15) is 12.6 Å². The zero-order valence-corrected chi connectivity index (χ0v) is 8.94. The molecular weight excluding hydrogens is 188 g/mol. The largest absolute Gasteiger partial charge is 0.356 e. The van der Waals surface area contributed by atoms with Gasteiger partial charge in [-0.05, 0) is 26.0 Å². The van der Waals surface area contributed by atoms with Crippen molar-refractivity contribution < 1.29 is 0 Å². The van der Waals surface area contributed by atoms with Crippen LogP contribution < -0.4 is 5.32 Å². The molecule has 0 aliphatic carbocycles. The smallest absolute Gasteiger partial charge is 0.207 e. The Morgan fingerprint density at radius 2 is 2.20 bits per heavy atom. The molecule has 0 aliphatic rings. The highest BCUT2D eigenvalue weighted by atomic mass is 15.2. The molecule has 0 unspecified atom stereocenters. The van der Waals surface area contributed by atoms with E-state index in [0.717, 1.165) is 23.9 Å². The highest BCUT2D eigenvalue weighted by molar-refractivity contribution is 5.40. The molecule has 0 radical (unpaired) electrons. The van der Waals surface area contributed by atoms with Gasteiger partial charge in [0.05, 0.1) is 11.9 Å². The average molecular weight is 202 g/mol. The Morgan fingerprint density at radius 3 is 2.87 bits per heavy atom. The Labute approximate surface area is 89.0 Å². The predicted octanol–water partition coefficient (Wildman–Crippen LogP) is 2.01. The summed E-state index contributed by atoms with van der Waals surface area (Å²) in [7, 11) is 0. The second-order valence-corrected chi connectivity index (χ2v) is 3.31. The van der Waals surface area contributed by atoms with E-state index in [1.54, 1.807) is 6.20 Å². The second-order valence-electron chi connectivity index (χ2n) is 3.31. The van der Waals surface area contributed by atoms with E-state index in [0.29, 0.717) is 0 Å². The molecule has 0 fully saturated rings. The fourth-order valence-corrected chi connectivity index (χ4v) is 1.40. The molecule has 2 rings (SSSR count). The third-order valence-corrected chi connectivity index (χ3v) is 2.15. The van der Waals surface area contributed by atoms with Gasteiger partial charge in [0, 0.05) is 24.6 Å². The van der Waals surface area contributed by atoms with Gasteiger partial charge >= 0.3 is 0 Å². The lowest BCUT2D eigenvalue weighted by Gasteiger charge is -2.07. The minimum Gasteiger partial charge on any atom is -0.356 e. The van der Waals surface area contributed by atoms with Gasteiger partial charge in [0.25, 0.3) is 0 Å². The van der Waals surface area contributed by atoms with Crippen LogP contribution in [0, 0.1) is 6.92 Å². The van der Waals surface area contributed by atoms with Gasteiger partial charge in [-0.1, -0.05) is 0 Å². The molecule has 2 aromatic heterocycles. The number of nitrogens with zero attached hydrogens (tertiary/aromatic N) is 3. The first-order chi connectivity index (χ1) is 7.31. The minimum atomic E-state index is 0.850. The summed E-state index contributed by atoms with van der Waals surface area (Å²) in [6, 6.07) is 4.02. The third-order valence-electron chi connectivity index (χ3n) is 2.15. The molecule has 2 aromatic rings. The summed E-state index contributed by atoms with van der Waals surface area (Å²) in [5.41, 5.74) is 2.04.